The second-order valence-electron chi connectivity index (χ2n) is 7.72. The number of rotatable bonds is 9. The van der Waals surface area contributed by atoms with Gasteiger partial charge in [0.2, 0.25) is 15.9 Å². The van der Waals surface area contributed by atoms with E-state index in [-0.39, 0.29) is 16.2 Å². The summed E-state index contributed by atoms with van der Waals surface area (Å²) in [6.45, 7) is 5.71. The number of hydrogen-bond acceptors (Lipinski definition) is 5. The van der Waals surface area contributed by atoms with Gasteiger partial charge in [0, 0.05) is 25.2 Å². The SMILES string of the molecule is CCOc1ccc(C2(CNC(=O)[C@H](C)NS(=O)(=O)c3ccccc3)CCOCC2)cc1. The molecule has 1 saturated heterocycles. The Labute approximate surface area is 184 Å². The standard InChI is InChI=1S/C23H30N2O5S/c1-3-30-20-11-9-19(10-12-20)23(13-15-29-16-14-23)17-24-22(26)18(2)25-31(27,28)21-7-5-4-6-8-21/h4-12,18,25H,3,13-17H2,1-2H3,(H,24,26)/t18-/m0/s1. The van der Waals surface area contributed by atoms with Crippen molar-refractivity contribution in [2.45, 2.75) is 43.0 Å². The molecule has 1 aliphatic rings. The van der Waals surface area contributed by atoms with Gasteiger partial charge in [-0.05, 0) is 56.5 Å². The van der Waals surface area contributed by atoms with E-state index in [1.807, 2.05) is 31.2 Å². The van der Waals surface area contributed by atoms with Crippen LogP contribution in [0.5, 0.6) is 5.75 Å². The average molecular weight is 447 g/mol. The maximum absolute atomic E-state index is 12.7. The van der Waals surface area contributed by atoms with Crippen molar-refractivity contribution >= 4 is 15.9 Å². The first-order chi connectivity index (χ1) is 14.9. The zero-order chi connectivity index (χ0) is 22.3. The van der Waals surface area contributed by atoms with Crippen LogP contribution in [0.15, 0.2) is 59.5 Å². The van der Waals surface area contributed by atoms with E-state index < -0.39 is 16.1 Å². The van der Waals surface area contributed by atoms with Gasteiger partial charge in [-0.1, -0.05) is 30.3 Å². The summed E-state index contributed by atoms with van der Waals surface area (Å²) in [6, 6.07) is 15.1. The highest BCUT2D eigenvalue weighted by molar-refractivity contribution is 7.89. The first-order valence-electron chi connectivity index (χ1n) is 10.5. The molecule has 1 atom stereocenters. The zero-order valence-corrected chi connectivity index (χ0v) is 18.8. The van der Waals surface area contributed by atoms with Gasteiger partial charge in [0.15, 0.2) is 0 Å². The molecule has 0 spiro atoms. The molecule has 0 unspecified atom stereocenters. The fourth-order valence-corrected chi connectivity index (χ4v) is 4.99. The lowest BCUT2D eigenvalue weighted by Crippen LogP contribution is -2.50. The monoisotopic (exact) mass is 446 g/mol. The third kappa shape index (κ3) is 5.84. The molecule has 1 heterocycles. The number of benzene rings is 2. The Balaban J connectivity index is 1.67. The van der Waals surface area contributed by atoms with Crippen molar-refractivity contribution in [3.8, 4) is 5.75 Å². The Bertz CT molecular complexity index is 955. The highest BCUT2D eigenvalue weighted by atomic mass is 32.2. The highest BCUT2D eigenvalue weighted by Gasteiger charge is 2.35. The molecule has 0 aliphatic carbocycles. The second kappa shape index (κ2) is 10.3. The van der Waals surface area contributed by atoms with E-state index in [2.05, 4.69) is 10.0 Å². The molecule has 2 aromatic rings. The van der Waals surface area contributed by atoms with Crippen molar-refractivity contribution < 1.29 is 22.7 Å². The van der Waals surface area contributed by atoms with Crippen LogP contribution < -0.4 is 14.8 Å². The molecule has 0 radical (unpaired) electrons. The van der Waals surface area contributed by atoms with E-state index in [1.165, 1.54) is 12.1 Å². The number of ether oxygens (including phenoxy) is 2. The lowest BCUT2D eigenvalue weighted by atomic mass is 9.74. The second-order valence-corrected chi connectivity index (χ2v) is 9.44. The molecule has 2 aromatic carbocycles. The quantitative estimate of drug-likeness (QED) is 0.618. The van der Waals surface area contributed by atoms with Crippen LogP contribution in [-0.4, -0.2) is 46.7 Å². The summed E-state index contributed by atoms with van der Waals surface area (Å²) < 4.78 is 38.5. The minimum absolute atomic E-state index is 0.130. The van der Waals surface area contributed by atoms with Gasteiger partial charge in [0.1, 0.15) is 5.75 Å². The summed E-state index contributed by atoms with van der Waals surface area (Å²) in [6.07, 6.45) is 1.54. The van der Waals surface area contributed by atoms with Crippen LogP contribution in [0.3, 0.4) is 0 Å². The summed E-state index contributed by atoms with van der Waals surface area (Å²) in [5.41, 5.74) is 0.841. The normalized spacial score (nSPS) is 17.0. The third-order valence-corrected chi connectivity index (χ3v) is 7.16. The van der Waals surface area contributed by atoms with Crippen molar-refractivity contribution in [1.82, 2.24) is 10.0 Å². The molecule has 1 amide bonds. The molecule has 1 fully saturated rings. The zero-order valence-electron chi connectivity index (χ0n) is 18.0. The lowest BCUT2D eigenvalue weighted by molar-refractivity contribution is -0.122. The fourth-order valence-electron chi connectivity index (χ4n) is 3.76. The van der Waals surface area contributed by atoms with Crippen LogP contribution in [0.1, 0.15) is 32.3 Å². The molecular weight excluding hydrogens is 416 g/mol. The maximum atomic E-state index is 12.7. The predicted molar refractivity (Wildman–Crippen MR) is 119 cm³/mol. The lowest BCUT2D eigenvalue weighted by Gasteiger charge is -2.38. The summed E-state index contributed by atoms with van der Waals surface area (Å²) in [4.78, 5) is 12.8. The third-order valence-electron chi connectivity index (χ3n) is 5.61. The number of carbonyl (C=O) groups excluding carboxylic acids is 1. The van der Waals surface area contributed by atoms with E-state index >= 15 is 0 Å². The van der Waals surface area contributed by atoms with E-state index in [1.54, 1.807) is 25.1 Å². The van der Waals surface area contributed by atoms with Crippen LogP contribution in [-0.2, 0) is 25.0 Å². The molecule has 0 bridgehead atoms. The fraction of sp³-hybridized carbons (Fsp3) is 0.435. The highest BCUT2D eigenvalue weighted by Crippen LogP contribution is 2.35. The number of sulfonamides is 1. The van der Waals surface area contributed by atoms with Crippen molar-refractivity contribution in [3.63, 3.8) is 0 Å². The Hall–Kier alpha value is -2.42. The molecule has 8 heteroatoms. The maximum Gasteiger partial charge on any atom is 0.241 e. The molecule has 2 N–H and O–H groups in total. The molecule has 0 aromatic heterocycles. The average Bonchev–Trinajstić information content (AvgIpc) is 2.79. The van der Waals surface area contributed by atoms with Crippen LogP contribution in [0.2, 0.25) is 0 Å². The Kier molecular flexibility index (Phi) is 7.69. The Morgan fingerprint density at radius 3 is 2.35 bits per heavy atom. The van der Waals surface area contributed by atoms with Gasteiger partial charge in [-0.3, -0.25) is 4.79 Å². The van der Waals surface area contributed by atoms with Gasteiger partial charge in [-0.2, -0.15) is 4.72 Å². The number of hydrogen-bond donors (Lipinski definition) is 2. The van der Waals surface area contributed by atoms with Crippen molar-refractivity contribution in [1.29, 1.82) is 0 Å². The van der Waals surface area contributed by atoms with Crippen LogP contribution >= 0.6 is 0 Å². The van der Waals surface area contributed by atoms with Crippen LogP contribution in [0.25, 0.3) is 0 Å². The van der Waals surface area contributed by atoms with Crippen LogP contribution in [0, 0.1) is 0 Å². The molecule has 0 saturated carbocycles. The molecule has 1 aliphatic heterocycles. The van der Waals surface area contributed by atoms with Gasteiger partial charge in [0.25, 0.3) is 0 Å². The summed E-state index contributed by atoms with van der Waals surface area (Å²) in [7, 11) is -3.77. The Morgan fingerprint density at radius 1 is 1.10 bits per heavy atom. The van der Waals surface area contributed by atoms with E-state index in [9.17, 15) is 13.2 Å². The van der Waals surface area contributed by atoms with Gasteiger partial charge in [-0.15, -0.1) is 0 Å². The molecule has 7 nitrogen and oxygen atoms in total. The predicted octanol–water partition coefficient (Wildman–Crippen LogP) is 2.62. The number of nitrogens with one attached hydrogen (secondary N) is 2. The topological polar surface area (TPSA) is 93.7 Å². The number of amides is 1. The minimum Gasteiger partial charge on any atom is -0.494 e. The summed E-state index contributed by atoms with van der Waals surface area (Å²) in [5, 5.41) is 2.95. The summed E-state index contributed by atoms with van der Waals surface area (Å²) in [5.74, 6) is 0.442. The molecule has 168 valence electrons. The first kappa shape index (κ1) is 23.2. The molecule has 31 heavy (non-hydrogen) atoms. The minimum atomic E-state index is -3.77. The van der Waals surface area contributed by atoms with Gasteiger partial charge in [0.05, 0.1) is 17.5 Å². The van der Waals surface area contributed by atoms with Crippen molar-refractivity contribution in [2.75, 3.05) is 26.4 Å². The van der Waals surface area contributed by atoms with Crippen molar-refractivity contribution in [2.24, 2.45) is 0 Å². The summed E-state index contributed by atoms with van der Waals surface area (Å²) >= 11 is 0. The van der Waals surface area contributed by atoms with Gasteiger partial charge >= 0.3 is 0 Å². The largest absolute Gasteiger partial charge is 0.494 e. The Morgan fingerprint density at radius 2 is 1.74 bits per heavy atom. The molecule has 3 rings (SSSR count). The van der Waals surface area contributed by atoms with E-state index in [4.69, 9.17) is 9.47 Å². The smallest absolute Gasteiger partial charge is 0.241 e. The van der Waals surface area contributed by atoms with Gasteiger partial charge in [-0.25, -0.2) is 8.42 Å². The van der Waals surface area contributed by atoms with E-state index in [0.717, 1.165) is 24.2 Å². The first-order valence-corrected chi connectivity index (χ1v) is 12.0. The van der Waals surface area contributed by atoms with E-state index in [0.29, 0.717) is 26.4 Å². The van der Waals surface area contributed by atoms with Crippen LogP contribution in [0.4, 0.5) is 0 Å². The van der Waals surface area contributed by atoms with Crippen molar-refractivity contribution in [3.05, 3.63) is 60.2 Å². The van der Waals surface area contributed by atoms with Gasteiger partial charge < -0.3 is 14.8 Å². The molecular formula is C23H30N2O5S. The number of carbonyl (C=O) groups is 1.